The number of hydrogen-bond donors (Lipinski definition) is 2. The second-order valence-corrected chi connectivity index (χ2v) is 12.5. The van der Waals surface area contributed by atoms with E-state index in [1.165, 1.54) is 12.1 Å². The molecule has 3 aromatic carbocycles. The molecule has 1 aliphatic carbocycles. The maximum absolute atomic E-state index is 13.0. The summed E-state index contributed by atoms with van der Waals surface area (Å²) in [6, 6.07) is 16.4. The first-order valence-electron chi connectivity index (χ1n) is 10.6. The van der Waals surface area contributed by atoms with Gasteiger partial charge >= 0.3 is 0 Å². The lowest BCUT2D eigenvalue weighted by Crippen LogP contribution is -2.18. The number of carbonyl (C=O) groups is 2. The van der Waals surface area contributed by atoms with Crippen molar-refractivity contribution < 1.29 is 9.59 Å². The highest BCUT2D eigenvalue weighted by atomic mass is 35.5. The maximum Gasteiger partial charge on any atom is 0.257 e. The van der Waals surface area contributed by atoms with Crippen molar-refractivity contribution in [2.45, 2.75) is 15.1 Å². The number of nitrogens with one attached hydrogen (secondary N) is 2. The van der Waals surface area contributed by atoms with E-state index in [-0.39, 0.29) is 10.6 Å². The van der Waals surface area contributed by atoms with Crippen LogP contribution in [0.1, 0.15) is 21.8 Å². The number of nitriles is 1. The van der Waals surface area contributed by atoms with Gasteiger partial charge in [-0.2, -0.15) is 5.26 Å². The Labute approximate surface area is 240 Å². The molecule has 0 aromatic heterocycles. The largest absolute Gasteiger partial charge is 0.326 e. The summed E-state index contributed by atoms with van der Waals surface area (Å²) in [5.41, 5.74) is 1.70. The number of alkyl halides is 2. The van der Waals surface area contributed by atoms with Crippen molar-refractivity contribution in [3.8, 4) is 6.19 Å². The number of carbonyl (C=O) groups excluding carboxylic acids is 2. The zero-order valence-electron chi connectivity index (χ0n) is 18.9. The highest BCUT2D eigenvalue weighted by Gasteiger charge is 2.67. The van der Waals surface area contributed by atoms with Crippen LogP contribution in [-0.4, -0.2) is 22.4 Å². The lowest BCUT2D eigenvalue weighted by molar-refractivity contribution is -0.117. The van der Waals surface area contributed by atoms with Crippen LogP contribution in [0.3, 0.4) is 0 Å². The van der Waals surface area contributed by atoms with Crippen molar-refractivity contribution in [2.24, 2.45) is 10.3 Å². The third kappa shape index (κ3) is 6.23. The topological polar surface area (TPSA) is 94.3 Å². The molecule has 1 saturated carbocycles. The number of anilines is 2. The molecule has 1 aliphatic rings. The van der Waals surface area contributed by atoms with Crippen LogP contribution >= 0.6 is 58.0 Å². The van der Waals surface area contributed by atoms with Gasteiger partial charge in [-0.3, -0.25) is 9.59 Å². The van der Waals surface area contributed by atoms with E-state index in [1.54, 1.807) is 54.7 Å². The van der Waals surface area contributed by atoms with Gasteiger partial charge in [0.1, 0.15) is 4.33 Å². The number of rotatable bonds is 6. The molecule has 0 bridgehead atoms. The SMILES string of the molecule is C/S(=N/C#N)c1ccc(NC(=O)c2cc(NC(=O)C3C(c4cc(Cl)cc(Cl)c4)C3(Cl)Cl)ccc2Cl)cc1. The molecule has 3 aromatic rings. The molecule has 1 fully saturated rings. The molecule has 3 atom stereocenters. The van der Waals surface area contributed by atoms with Crippen molar-refractivity contribution in [3.05, 3.63) is 86.9 Å². The molecule has 12 heteroatoms. The summed E-state index contributed by atoms with van der Waals surface area (Å²) in [5, 5.41) is 15.3. The zero-order chi connectivity index (χ0) is 26.9. The Hall–Kier alpha value is -2.31. The number of hydrogen-bond acceptors (Lipinski definition) is 4. The van der Waals surface area contributed by atoms with Crippen LogP contribution in [0.5, 0.6) is 0 Å². The standard InChI is InChI=1S/C25H17Cl5N4O2S/c1-37(32-12-31)18-5-2-16(3-6-18)33-23(35)19-11-17(4-7-20(19)28)34-24(36)22-21(25(22,29)30)13-8-14(26)10-15(27)9-13/h2-11,21-22H,1H3,(H,33,35)(H,34,36). The van der Waals surface area contributed by atoms with E-state index >= 15 is 0 Å². The fourth-order valence-corrected chi connectivity index (χ4v) is 6.20. The van der Waals surface area contributed by atoms with Crippen LogP contribution in [0.2, 0.25) is 15.1 Å². The molecule has 6 nitrogen and oxygen atoms in total. The van der Waals surface area contributed by atoms with Gasteiger partial charge in [0.25, 0.3) is 5.91 Å². The fourth-order valence-electron chi connectivity index (χ4n) is 3.87. The van der Waals surface area contributed by atoms with Gasteiger partial charge in [-0.15, -0.1) is 27.6 Å². The van der Waals surface area contributed by atoms with Crippen LogP contribution in [0, 0.1) is 17.4 Å². The first-order chi connectivity index (χ1) is 17.5. The molecule has 0 saturated heterocycles. The predicted molar refractivity (Wildman–Crippen MR) is 151 cm³/mol. The van der Waals surface area contributed by atoms with E-state index in [2.05, 4.69) is 15.0 Å². The van der Waals surface area contributed by atoms with Crippen molar-refractivity contribution in [1.82, 2.24) is 0 Å². The minimum absolute atomic E-state index is 0.162. The van der Waals surface area contributed by atoms with Crippen molar-refractivity contribution in [1.29, 1.82) is 5.26 Å². The smallest absolute Gasteiger partial charge is 0.257 e. The van der Waals surface area contributed by atoms with E-state index in [4.69, 9.17) is 63.3 Å². The molecule has 190 valence electrons. The lowest BCUT2D eigenvalue weighted by atomic mass is 10.1. The van der Waals surface area contributed by atoms with E-state index in [9.17, 15) is 9.59 Å². The first kappa shape index (κ1) is 27.7. The van der Waals surface area contributed by atoms with Crippen molar-refractivity contribution in [2.75, 3.05) is 16.9 Å². The molecule has 0 heterocycles. The summed E-state index contributed by atoms with van der Waals surface area (Å²) >= 11 is 31.3. The second-order valence-electron chi connectivity index (χ2n) is 8.16. The van der Waals surface area contributed by atoms with Crippen molar-refractivity contribution >= 4 is 91.9 Å². The van der Waals surface area contributed by atoms with Gasteiger partial charge < -0.3 is 10.6 Å². The van der Waals surface area contributed by atoms with E-state index < -0.39 is 38.7 Å². The van der Waals surface area contributed by atoms with Gasteiger partial charge in [0.05, 0.1) is 16.5 Å². The van der Waals surface area contributed by atoms with Crippen LogP contribution < -0.4 is 10.6 Å². The first-order valence-corrected chi connectivity index (χ1v) is 14.1. The number of nitrogens with zero attached hydrogens (tertiary/aromatic N) is 2. The Morgan fingerprint density at radius 1 is 0.946 bits per heavy atom. The number of halogens is 5. The summed E-state index contributed by atoms with van der Waals surface area (Å²) in [5.74, 6) is -2.15. The Kier molecular flexibility index (Phi) is 8.39. The van der Waals surface area contributed by atoms with Crippen molar-refractivity contribution in [3.63, 3.8) is 0 Å². The quantitative estimate of drug-likeness (QED) is 0.220. The Morgan fingerprint density at radius 2 is 1.57 bits per heavy atom. The Balaban J connectivity index is 1.48. The Morgan fingerprint density at radius 3 is 2.19 bits per heavy atom. The van der Waals surface area contributed by atoms with E-state index in [0.29, 0.717) is 27.0 Å². The fraction of sp³-hybridized carbons (Fsp3) is 0.160. The van der Waals surface area contributed by atoms with Crippen LogP contribution in [0.25, 0.3) is 0 Å². The van der Waals surface area contributed by atoms with Gasteiger partial charge in [0, 0.05) is 32.2 Å². The molecular weight excluding hydrogens is 598 g/mol. The summed E-state index contributed by atoms with van der Waals surface area (Å²) in [7, 11) is -0.567. The minimum Gasteiger partial charge on any atom is -0.326 e. The summed E-state index contributed by atoms with van der Waals surface area (Å²) in [6.07, 6.45) is 3.61. The predicted octanol–water partition coefficient (Wildman–Crippen LogP) is 7.70. The zero-order valence-corrected chi connectivity index (χ0v) is 23.5. The van der Waals surface area contributed by atoms with Gasteiger partial charge in [-0.05, 0) is 72.5 Å². The number of amides is 2. The van der Waals surface area contributed by atoms with Gasteiger partial charge in [-0.25, -0.2) is 0 Å². The van der Waals surface area contributed by atoms with Crippen LogP contribution in [0.15, 0.2) is 69.9 Å². The van der Waals surface area contributed by atoms with Gasteiger partial charge in [0.2, 0.25) is 12.1 Å². The van der Waals surface area contributed by atoms with Crippen LogP contribution in [0.4, 0.5) is 11.4 Å². The normalized spacial score (nSPS) is 18.5. The average molecular weight is 615 g/mol. The van der Waals surface area contributed by atoms with E-state index in [0.717, 1.165) is 4.90 Å². The average Bonchev–Trinajstić information content (AvgIpc) is 3.42. The van der Waals surface area contributed by atoms with Gasteiger partial charge in [-0.1, -0.05) is 45.5 Å². The number of benzene rings is 3. The van der Waals surface area contributed by atoms with Gasteiger partial charge in [0.15, 0.2) is 0 Å². The van der Waals surface area contributed by atoms with E-state index in [1.807, 2.05) is 6.26 Å². The van der Waals surface area contributed by atoms with Crippen LogP contribution in [-0.2, 0) is 15.5 Å². The molecule has 3 unspecified atom stereocenters. The molecule has 0 spiro atoms. The second kappa shape index (κ2) is 11.2. The molecular formula is C25H17Cl5N4O2S. The molecule has 0 aliphatic heterocycles. The Bertz CT molecular complexity index is 1450. The monoisotopic (exact) mass is 612 g/mol. The molecule has 2 amide bonds. The maximum atomic E-state index is 13.0. The highest BCUT2D eigenvalue weighted by molar-refractivity contribution is 7.86. The minimum atomic E-state index is -1.34. The third-order valence-corrected chi connectivity index (χ3v) is 8.71. The molecule has 37 heavy (non-hydrogen) atoms. The molecule has 0 radical (unpaired) electrons. The summed E-state index contributed by atoms with van der Waals surface area (Å²) < 4.78 is 2.46. The highest BCUT2D eigenvalue weighted by Crippen LogP contribution is 2.65. The third-order valence-electron chi connectivity index (χ3n) is 5.69. The molecule has 2 N–H and O–H groups in total. The lowest BCUT2D eigenvalue weighted by Gasteiger charge is -2.11. The molecule has 4 rings (SSSR count). The summed E-state index contributed by atoms with van der Waals surface area (Å²) in [4.78, 5) is 26.8. The summed E-state index contributed by atoms with van der Waals surface area (Å²) in [6.45, 7) is 0.